The molecule has 24 heavy (non-hydrogen) atoms. The molecular weight excluding hydrogens is 348 g/mol. The summed E-state index contributed by atoms with van der Waals surface area (Å²) < 4.78 is 25.1. The third-order valence-corrected chi connectivity index (χ3v) is 5.69. The number of sulfonamides is 1. The Morgan fingerprint density at radius 2 is 2.29 bits per heavy atom. The summed E-state index contributed by atoms with van der Waals surface area (Å²) in [6.45, 7) is 7.19. The second kappa shape index (κ2) is 8.37. The molecule has 136 valence electrons. The van der Waals surface area contributed by atoms with E-state index in [-0.39, 0.29) is 5.91 Å². The van der Waals surface area contributed by atoms with Gasteiger partial charge in [-0.1, -0.05) is 0 Å². The molecule has 1 aromatic rings. The summed E-state index contributed by atoms with van der Waals surface area (Å²) in [5.74, 6) is 0.333. The summed E-state index contributed by atoms with van der Waals surface area (Å²) >= 11 is 1.49. The molecule has 0 radical (unpaired) electrons. The van der Waals surface area contributed by atoms with Crippen molar-refractivity contribution in [1.82, 2.24) is 14.6 Å². The topological polar surface area (TPSA) is 82.6 Å². The number of hydrogen-bond donors (Lipinski definition) is 1. The van der Waals surface area contributed by atoms with Crippen molar-refractivity contribution in [3.05, 3.63) is 11.1 Å². The number of carbonyl (C=O) groups excluding carboxylic acids is 1. The largest absolute Gasteiger partial charge is 0.297 e. The van der Waals surface area contributed by atoms with Crippen molar-refractivity contribution in [1.29, 1.82) is 0 Å². The Labute approximate surface area is 148 Å². The van der Waals surface area contributed by atoms with Crippen molar-refractivity contribution in [2.24, 2.45) is 5.92 Å². The van der Waals surface area contributed by atoms with Gasteiger partial charge in [0.2, 0.25) is 15.9 Å². The lowest BCUT2D eigenvalue weighted by Crippen LogP contribution is -2.40. The van der Waals surface area contributed by atoms with Gasteiger partial charge in [0.15, 0.2) is 5.13 Å². The quantitative estimate of drug-likeness (QED) is 0.777. The van der Waals surface area contributed by atoms with E-state index in [1.165, 1.54) is 17.6 Å². The van der Waals surface area contributed by atoms with Gasteiger partial charge >= 0.3 is 0 Å². The van der Waals surface area contributed by atoms with Crippen LogP contribution in [0.15, 0.2) is 5.38 Å². The molecule has 1 aromatic heterocycles. The fraction of sp³-hybridized carbons (Fsp3) is 0.733. The Balaban J connectivity index is 1.91. The fourth-order valence-corrected chi connectivity index (χ4v) is 4.41. The summed E-state index contributed by atoms with van der Waals surface area (Å²) in [6, 6.07) is 0. The van der Waals surface area contributed by atoms with E-state index in [2.05, 4.69) is 14.6 Å². The Kier molecular flexibility index (Phi) is 6.73. The van der Waals surface area contributed by atoms with Gasteiger partial charge in [0.1, 0.15) is 0 Å². The van der Waals surface area contributed by atoms with Crippen molar-refractivity contribution in [3.63, 3.8) is 0 Å². The Bertz CT molecular complexity index is 659. The zero-order chi connectivity index (χ0) is 17.7. The molecule has 0 aliphatic carbocycles. The summed E-state index contributed by atoms with van der Waals surface area (Å²) in [7, 11) is -3.13. The Morgan fingerprint density at radius 3 is 2.92 bits per heavy atom. The van der Waals surface area contributed by atoms with Crippen LogP contribution in [-0.2, 0) is 21.4 Å². The summed E-state index contributed by atoms with van der Waals surface area (Å²) in [4.78, 5) is 20.2. The molecule has 1 aliphatic rings. The van der Waals surface area contributed by atoms with Crippen LogP contribution in [0.25, 0.3) is 0 Å². The van der Waals surface area contributed by atoms with Gasteiger partial charge in [-0.2, -0.15) is 0 Å². The highest BCUT2D eigenvalue weighted by Crippen LogP contribution is 2.23. The molecule has 1 saturated heterocycles. The average molecular weight is 375 g/mol. The van der Waals surface area contributed by atoms with Crippen molar-refractivity contribution in [2.75, 3.05) is 37.3 Å². The molecule has 0 aromatic carbocycles. The predicted octanol–water partition coefficient (Wildman–Crippen LogP) is 1.28. The maximum atomic E-state index is 11.6. The number of anilines is 1. The molecule has 0 spiro atoms. The predicted molar refractivity (Wildman–Crippen MR) is 96.7 cm³/mol. The zero-order valence-electron chi connectivity index (χ0n) is 14.5. The summed E-state index contributed by atoms with van der Waals surface area (Å²) in [5.41, 5.74) is 0.964. The van der Waals surface area contributed by atoms with Crippen molar-refractivity contribution in [3.8, 4) is 0 Å². The molecule has 1 N–H and O–H groups in total. The maximum absolute atomic E-state index is 11.6. The summed E-state index contributed by atoms with van der Waals surface area (Å²) in [6.07, 6.45) is 3.29. The Morgan fingerprint density at radius 1 is 1.54 bits per heavy atom. The van der Waals surface area contributed by atoms with Gasteiger partial charge in [0.05, 0.1) is 11.9 Å². The first-order valence-corrected chi connectivity index (χ1v) is 10.9. The van der Waals surface area contributed by atoms with Gasteiger partial charge in [0.25, 0.3) is 0 Å². The van der Waals surface area contributed by atoms with Crippen LogP contribution < -0.4 is 9.62 Å². The molecule has 1 atom stereocenters. The highest BCUT2D eigenvalue weighted by atomic mass is 32.2. The van der Waals surface area contributed by atoms with E-state index in [0.717, 1.165) is 43.3 Å². The van der Waals surface area contributed by atoms with Crippen molar-refractivity contribution in [2.45, 2.75) is 33.2 Å². The number of nitrogens with zero attached hydrogens (tertiary/aromatic N) is 3. The molecule has 0 bridgehead atoms. The molecular formula is C15H26N4O3S2. The van der Waals surface area contributed by atoms with E-state index < -0.39 is 10.0 Å². The van der Waals surface area contributed by atoms with Gasteiger partial charge in [-0.3, -0.25) is 14.6 Å². The monoisotopic (exact) mass is 374 g/mol. The molecule has 1 fully saturated rings. The third kappa shape index (κ3) is 5.80. The first-order chi connectivity index (χ1) is 11.3. The molecule has 2 rings (SSSR count). The molecule has 1 unspecified atom stereocenters. The summed E-state index contributed by atoms with van der Waals surface area (Å²) in [5, 5.41) is 2.74. The highest BCUT2D eigenvalue weighted by molar-refractivity contribution is 7.88. The first kappa shape index (κ1) is 19.3. The van der Waals surface area contributed by atoms with Crippen molar-refractivity contribution >= 4 is 32.4 Å². The lowest BCUT2D eigenvalue weighted by molar-refractivity contribution is -0.116. The second-order valence-electron chi connectivity index (χ2n) is 6.25. The average Bonchev–Trinajstić information content (AvgIpc) is 2.93. The minimum atomic E-state index is -3.13. The number of nitrogens with one attached hydrogen (secondary N) is 1. The van der Waals surface area contributed by atoms with Crippen LogP contribution in [0.5, 0.6) is 0 Å². The van der Waals surface area contributed by atoms with E-state index in [1.807, 2.05) is 12.3 Å². The molecule has 1 amide bonds. The van der Waals surface area contributed by atoms with Crippen LogP contribution in [-0.4, -0.2) is 56.6 Å². The van der Waals surface area contributed by atoms with Crippen LogP contribution in [0.4, 0.5) is 5.13 Å². The fourth-order valence-electron chi connectivity index (χ4n) is 2.95. The van der Waals surface area contributed by atoms with E-state index in [0.29, 0.717) is 19.0 Å². The van der Waals surface area contributed by atoms with Gasteiger partial charge in [-0.15, -0.1) is 11.3 Å². The zero-order valence-corrected chi connectivity index (χ0v) is 16.1. The smallest absolute Gasteiger partial charge is 0.225 e. The minimum Gasteiger partial charge on any atom is -0.297 e. The lowest BCUT2D eigenvalue weighted by atomic mass is 9.98. The maximum Gasteiger partial charge on any atom is 0.225 e. The van der Waals surface area contributed by atoms with Crippen LogP contribution in [0, 0.1) is 5.92 Å². The first-order valence-electron chi connectivity index (χ1n) is 8.18. The number of piperidine rings is 1. The minimum absolute atomic E-state index is 0.00304. The molecule has 9 heteroatoms. The number of thiazole rings is 1. The SMILES string of the molecule is CCN(C(C)=O)c1nc(CN2CCCC(CNS(C)(=O)=O)C2)cs1. The molecule has 7 nitrogen and oxygen atoms in total. The van der Waals surface area contributed by atoms with Gasteiger partial charge in [0, 0.05) is 38.5 Å². The van der Waals surface area contributed by atoms with E-state index >= 15 is 0 Å². The van der Waals surface area contributed by atoms with E-state index in [9.17, 15) is 13.2 Å². The number of carbonyl (C=O) groups is 1. The Hall–Kier alpha value is -1.03. The third-order valence-electron chi connectivity index (χ3n) is 4.09. The van der Waals surface area contributed by atoms with Gasteiger partial charge in [-0.05, 0) is 32.2 Å². The normalized spacial score (nSPS) is 19.4. The van der Waals surface area contributed by atoms with Crippen molar-refractivity contribution < 1.29 is 13.2 Å². The van der Waals surface area contributed by atoms with Gasteiger partial charge in [-0.25, -0.2) is 18.1 Å². The van der Waals surface area contributed by atoms with Crippen LogP contribution >= 0.6 is 11.3 Å². The molecule has 1 aliphatic heterocycles. The number of amides is 1. The standard InChI is InChI=1S/C15H26N4O3S2/c1-4-19(12(2)20)15-17-14(11-23-15)10-18-7-5-6-13(9-18)8-16-24(3,21)22/h11,13,16H,4-10H2,1-3H3. The van der Waals surface area contributed by atoms with Gasteiger partial charge < -0.3 is 0 Å². The molecule has 0 saturated carbocycles. The van der Waals surface area contributed by atoms with E-state index in [4.69, 9.17) is 0 Å². The highest BCUT2D eigenvalue weighted by Gasteiger charge is 2.22. The second-order valence-corrected chi connectivity index (χ2v) is 8.92. The van der Waals surface area contributed by atoms with Crippen LogP contribution in [0.3, 0.4) is 0 Å². The number of likely N-dealkylation sites (tertiary alicyclic amines) is 1. The van der Waals surface area contributed by atoms with Crippen LogP contribution in [0.2, 0.25) is 0 Å². The lowest BCUT2D eigenvalue weighted by Gasteiger charge is -2.32. The number of hydrogen-bond acceptors (Lipinski definition) is 6. The molecule has 2 heterocycles. The van der Waals surface area contributed by atoms with E-state index in [1.54, 1.807) is 11.8 Å². The number of aromatic nitrogens is 1. The number of rotatable bonds is 7. The van der Waals surface area contributed by atoms with Crippen LogP contribution in [0.1, 0.15) is 32.4 Å².